The number of hydrogen-bond acceptors (Lipinski definition) is 0. The van der Waals surface area contributed by atoms with Crippen LogP contribution in [0.25, 0.3) is 0 Å². The van der Waals surface area contributed by atoms with E-state index in [4.69, 9.17) is 23.7 Å². The first kappa shape index (κ1) is 3050. The second-order valence-electron chi connectivity index (χ2n) is 0. The lowest BCUT2D eigenvalue weighted by atomic mass is 11.9. The first-order valence-electron chi connectivity index (χ1n) is 0.500. The van der Waals surface area contributed by atoms with Gasteiger partial charge in [-0.15, -0.1) is 0 Å². The molecular formula is C14H50N2. The highest BCUT2D eigenvalue weighted by atomic mass is 14.2. The van der Waals surface area contributed by atoms with Crippen molar-refractivity contribution in [3.8, 4) is 0 Å². The SMILES string of the molecule is C.C.C.C.C.C.C.C.C.C.C.C.[C-]#[NH+].[C-]#[NH+]. The van der Waals surface area contributed by atoms with Gasteiger partial charge in [0.15, 0.2) is 0 Å². The molecule has 0 aromatic heterocycles. The van der Waals surface area contributed by atoms with E-state index in [9.17, 15) is 0 Å². The summed E-state index contributed by atoms with van der Waals surface area (Å²) in [6.07, 6.45) is 0. The Hall–Kier alpha value is -1.02. The first-order chi connectivity index (χ1) is 2.00. The van der Waals surface area contributed by atoms with Crippen LogP contribution in [0.5, 0.6) is 0 Å². The molecule has 0 unspecified atom stereocenters. The van der Waals surface area contributed by atoms with Crippen LogP contribution in [-0.2, 0) is 0 Å². The fourth-order valence-electron chi connectivity index (χ4n) is 0. The van der Waals surface area contributed by atoms with E-state index in [1.54, 1.807) is 0 Å². The second kappa shape index (κ2) is 2260. The van der Waals surface area contributed by atoms with E-state index in [0.29, 0.717) is 0 Å². The van der Waals surface area contributed by atoms with Crippen LogP contribution in [0.15, 0.2) is 0 Å². The lowest BCUT2D eigenvalue weighted by Crippen LogP contribution is -2.10. The Balaban J connectivity index is -0.000000000238. The summed E-state index contributed by atoms with van der Waals surface area (Å²) in [5.41, 5.74) is 0. The van der Waals surface area contributed by atoms with Crippen LogP contribution in [0.2, 0.25) is 0 Å². The predicted octanol–water partition coefficient (Wildman–Crippen LogP) is 4.32. The van der Waals surface area contributed by atoms with Gasteiger partial charge in [-0.1, -0.05) is 89.1 Å². The number of rotatable bonds is 0. The smallest absolute Gasteiger partial charge is 0.0776 e. The predicted molar refractivity (Wildman–Crippen MR) is 89.2 cm³/mol. The largest absolute Gasteiger partial charge is 0.335 e. The zero-order chi connectivity index (χ0) is 4.00. The third kappa shape index (κ3) is 1790. The average molecular weight is 247 g/mol. The van der Waals surface area contributed by atoms with Crippen LogP contribution in [0.3, 0.4) is 0 Å². The summed E-state index contributed by atoms with van der Waals surface area (Å²) in [6, 6.07) is 0. The molecule has 16 heavy (non-hydrogen) atoms. The molecule has 0 radical (unpaired) electrons. The molecule has 0 aromatic rings. The summed E-state index contributed by atoms with van der Waals surface area (Å²) >= 11 is 0. The maximum Gasteiger partial charge on any atom is -0.0776 e. The maximum atomic E-state index is 5.00. The van der Waals surface area contributed by atoms with Crippen LogP contribution < -0.4 is 10.5 Å². The molecule has 0 saturated heterocycles. The molecule has 0 heterocycles. The van der Waals surface area contributed by atoms with Crippen molar-refractivity contribution in [2.24, 2.45) is 0 Å². The normalized spacial score (nSPS) is 0.250. The van der Waals surface area contributed by atoms with E-state index >= 15 is 0 Å². The van der Waals surface area contributed by atoms with E-state index in [1.807, 2.05) is 0 Å². The third-order valence-electron chi connectivity index (χ3n) is 0. The highest BCUT2D eigenvalue weighted by molar-refractivity contribution is 3.34. The van der Waals surface area contributed by atoms with Gasteiger partial charge in [-0.25, -0.2) is 13.1 Å². The van der Waals surface area contributed by atoms with E-state index in [-0.39, 0.29) is 89.1 Å². The Bertz CT molecular complexity index is 24.2. The van der Waals surface area contributed by atoms with Gasteiger partial charge in [-0.05, 0) is 0 Å². The highest BCUT2D eigenvalue weighted by Crippen LogP contribution is 0.236. The van der Waals surface area contributed by atoms with Crippen LogP contribution >= 0.6 is 0 Å². The zero-order valence-electron chi connectivity index (χ0n) is 2.00. The summed E-state index contributed by atoms with van der Waals surface area (Å²) in [6.45, 7) is 10.0. The third-order valence-corrected chi connectivity index (χ3v) is 0. The van der Waals surface area contributed by atoms with E-state index < -0.39 is 0 Å². The van der Waals surface area contributed by atoms with Gasteiger partial charge in [0.25, 0.3) is 0 Å². The van der Waals surface area contributed by atoms with Gasteiger partial charge in [0.2, 0.25) is 0 Å². The molecule has 0 aliphatic heterocycles. The highest BCUT2D eigenvalue weighted by Gasteiger charge is 0.295. The Morgan fingerprint density at radius 2 is 0.250 bits per heavy atom. The Morgan fingerprint density at radius 3 is 0.250 bits per heavy atom. The van der Waals surface area contributed by atoms with Crippen LogP contribution in [0.4, 0.5) is 0 Å². The van der Waals surface area contributed by atoms with Crippen molar-refractivity contribution in [3.05, 3.63) is 13.1 Å². The molecule has 2 nitrogen and oxygen atoms in total. The molecule has 2 heteroatoms. The molecule has 116 valence electrons. The summed E-state index contributed by atoms with van der Waals surface area (Å²) in [4.78, 5) is 0. The monoisotopic (exact) mass is 246 g/mol. The molecule has 2 N–H and O–H groups in total. The minimum absolute atomic E-state index is 0. The second-order valence-corrected chi connectivity index (χ2v) is 0. The van der Waals surface area contributed by atoms with E-state index in [2.05, 4.69) is 0 Å². The van der Waals surface area contributed by atoms with Crippen LogP contribution in [0.1, 0.15) is 89.1 Å². The minimum Gasteiger partial charge on any atom is -0.335 e. The molecule has 0 aliphatic rings. The quantitative estimate of drug-likeness (QED) is 0.598. The molecule has 0 bridgehead atoms. The Kier molecular flexibility index (Phi) is 431000. The summed E-state index contributed by atoms with van der Waals surface area (Å²) in [5, 5.41) is 10.0. The molecule has 0 aliphatic carbocycles. The average Bonchev–Trinajstić information content (AvgIpc) is 1.50. The molecule has 0 rings (SSSR count). The van der Waals surface area contributed by atoms with Gasteiger partial charge >= 0.3 is 0 Å². The van der Waals surface area contributed by atoms with Crippen molar-refractivity contribution >= 4 is 0 Å². The van der Waals surface area contributed by atoms with Crippen molar-refractivity contribution < 1.29 is 10.5 Å². The van der Waals surface area contributed by atoms with E-state index in [0.717, 1.165) is 0 Å². The minimum atomic E-state index is 0. The summed E-state index contributed by atoms with van der Waals surface area (Å²) < 4.78 is 0. The standard InChI is InChI=1S/2CHN.12CH4/c2*1-2;;;;;;;;;;;;/h2*2H;12*1H4. The summed E-state index contributed by atoms with van der Waals surface area (Å²) in [7, 11) is 0. The van der Waals surface area contributed by atoms with Crippen molar-refractivity contribution in [1.82, 2.24) is 0 Å². The van der Waals surface area contributed by atoms with Gasteiger partial charge in [-0.3, -0.25) is 0 Å². The fourth-order valence-corrected chi connectivity index (χ4v) is 0. The lowest BCUT2D eigenvalue weighted by Gasteiger charge is -0.866. The van der Waals surface area contributed by atoms with Gasteiger partial charge in [0.1, 0.15) is 0 Å². The first-order valence-corrected chi connectivity index (χ1v) is 0.500. The Morgan fingerprint density at radius 1 is 0.250 bits per heavy atom. The van der Waals surface area contributed by atoms with Crippen molar-refractivity contribution in [2.75, 3.05) is 0 Å². The van der Waals surface area contributed by atoms with Crippen molar-refractivity contribution in [1.29, 1.82) is 0 Å². The van der Waals surface area contributed by atoms with Crippen molar-refractivity contribution in [3.63, 3.8) is 0 Å². The molecule has 0 aromatic carbocycles. The van der Waals surface area contributed by atoms with Gasteiger partial charge in [0, 0.05) is 0 Å². The lowest BCUT2D eigenvalue weighted by molar-refractivity contribution is -0.100. The topological polar surface area (TPSA) is 47.6 Å². The Labute approximate surface area is 113 Å². The van der Waals surface area contributed by atoms with E-state index in [1.165, 1.54) is 0 Å². The number of hydrogen-bond donors (Lipinski definition) is 2. The molecule has 0 spiro atoms. The molecule has 0 amide bonds. The van der Waals surface area contributed by atoms with Crippen molar-refractivity contribution in [2.45, 2.75) is 89.1 Å². The summed E-state index contributed by atoms with van der Waals surface area (Å²) in [5.74, 6) is 0. The van der Waals surface area contributed by atoms with Gasteiger partial charge in [-0.2, -0.15) is 0 Å². The fraction of sp³-hybridized carbons (Fsp3) is 0.857. The number of nitrogens with one attached hydrogen (secondary N) is 2. The van der Waals surface area contributed by atoms with Gasteiger partial charge in [0.05, 0.1) is 0 Å². The van der Waals surface area contributed by atoms with Crippen LogP contribution in [-0.4, -0.2) is 0 Å². The van der Waals surface area contributed by atoms with Gasteiger partial charge < -0.3 is 10.5 Å². The zero-order valence-corrected chi connectivity index (χ0v) is 2.00. The maximum absolute atomic E-state index is 5.00. The molecule has 0 saturated carbocycles. The van der Waals surface area contributed by atoms with Crippen LogP contribution in [0, 0.1) is 13.1 Å². The molecule has 0 atom stereocenters. The molecule has 0 fully saturated rings. The molecular weight excluding hydrogens is 196 g/mol.